The van der Waals surface area contributed by atoms with E-state index in [1.807, 2.05) is 0 Å². The van der Waals surface area contributed by atoms with Gasteiger partial charge in [-0.3, -0.25) is 32.3 Å². The van der Waals surface area contributed by atoms with E-state index in [1.165, 1.54) is 36.0 Å². The van der Waals surface area contributed by atoms with Gasteiger partial charge in [0.05, 0.1) is 19.5 Å². The zero-order valence-electron chi connectivity index (χ0n) is 31.8. The fourth-order valence-corrected chi connectivity index (χ4v) is 7.40. The first-order valence-electron chi connectivity index (χ1n) is 17.8. The third-order valence-corrected chi connectivity index (χ3v) is 10.5. The van der Waals surface area contributed by atoms with Crippen LogP contribution in [0.25, 0.3) is 11.2 Å². The van der Waals surface area contributed by atoms with Crippen LogP contribution in [0.5, 0.6) is 0 Å². The molecule has 27 nitrogen and oxygen atoms in total. The molecule has 0 spiro atoms. The molecule has 5 rings (SSSR count). The Hall–Kier alpha value is -4.76. The minimum Gasteiger partial charge on any atom is -0.455 e. The first kappa shape index (κ1) is 46.3. The molecule has 0 aliphatic carbocycles. The number of imidazole rings is 1. The number of esters is 1. The number of carbonyl (C=O) groups excluding carboxylic acids is 3. The molecule has 0 aromatic carbocycles. The number of nitrogens with zero attached hydrogens (tertiary/aromatic N) is 7. The average molecular weight is 891 g/mol. The fourth-order valence-electron chi connectivity index (χ4n) is 6.10. The molecule has 10 atom stereocenters. The van der Waals surface area contributed by atoms with Gasteiger partial charge in [-0.05, 0) is 18.9 Å². The van der Waals surface area contributed by atoms with Crippen LogP contribution in [-0.4, -0.2) is 147 Å². The number of hydrogen-bond acceptors (Lipinski definition) is 20. The molecule has 330 valence electrons. The van der Waals surface area contributed by atoms with Gasteiger partial charge in [0, 0.05) is 33.1 Å². The van der Waals surface area contributed by atoms with Gasteiger partial charge in [0.15, 0.2) is 30.0 Å². The molecule has 0 saturated carbocycles. The van der Waals surface area contributed by atoms with E-state index in [1.54, 1.807) is 0 Å². The maximum Gasteiger partial charge on any atom is 0.472 e. The van der Waals surface area contributed by atoms with Crippen LogP contribution in [0.3, 0.4) is 0 Å². The van der Waals surface area contributed by atoms with E-state index >= 15 is 0 Å². The smallest absolute Gasteiger partial charge is 0.455 e. The van der Waals surface area contributed by atoms with Crippen molar-refractivity contribution in [3.05, 3.63) is 48.1 Å². The number of anilines is 2. The van der Waals surface area contributed by atoms with Crippen molar-refractivity contribution in [2.24, 2.45) is 0 Å². The van der Waals surface area contributed by atoms with Crippen molar-refractivity contribution in [2.75, 3.05) is 38.8 Å². The molecule has 2 aliphatic heterocycles. The minimum atomic E-state index is -5.44. The normalized spacial score (nSPS) is 25.7. The van der Waals surface area contributed by atoms with Crippen LogP contribution in [0.2, 0.25) is 0 Å². The highest BCUT2D eigenvalue weighted by molar-refractivity contribution is 7.47. The van der Waals surface area contributed by atoms with Crippen molar-refractivity contribution in [1.82, 2.24) is 39.3 Å². The van der Waals surface area contributed by atoms with Gasteiger partial charge in [0.1, 0.15) is 54.2 Å². The van der Waals surface area contributed by atoms with E-state index in [0.717, 1.165) is 23.2 Å². The predicted molar refractivity (Wildman–Crippen MR) is 200 cm³/mol. The molecule has 29 heteroatoms. The summed E-state index contributed by atoms with van der Waals surface area (Å²) in [6.07, 6.45) is -9.48. The van der Waals surface area contributed by atoms with Crippen molar-refractivity contribution in [2.45, 2.75) is 80.8 Å². The summed E-state index contributed by atoms with van der Waals surface area (Å²) >= 11 is 0. The van der Waals surface area contributed by atoms with E-state index < -0.39 is 102 Å². The Labute approximate surface area is 339 Å². The molecule has 3 aromatic rings. The fraction of sp³-hybridized carbons (Fsp3) is 0.548. The monoisotopic (exact) mass is 890 g/mol. The number of fused-ring (bicyclic) bond motifs is 1. The number of aliphatic hydroxyl groups is 2. The van der Waals surface area contributed by atoms with E-state index in [2.05, 4.69) is 36.4 Å². The molecule has 2 saturated heterocycles. The van der Waals surface area contributed by atoms with Gasteiger partial charge < -0.3 is 60.8 Å². The molecule has 10 N–H and O–H groups in total. The summed E-state index contributed by atoms with van der Waals surface area (Å²) in [5, 5.41) is 25.2. The Balaban J connectivity index is 1.40. The molecular weight excluding hydrogens is 846 g/mol. The summed E-state index contributed by atoms with van der Waals surface area (Å²) < 4.78 is 59.1. The molecule has 1 unspecified atom stereocenters. The van der Waals surface area contributed by atoms with Gasteiger partial charge in [-0.25, -0.2) is 33.7 Å². The lowest BCUT2D eigenvalue weighted by molar-refractivity contribution is -0.160. The number of allylic oxidation sites excluding steroid dienone is 1. The lowest BCUT2D eigenvalue weighted by Crippen LogP contribution is -2.47. The standard InChI is InChI=1S/C31H44N10O17P2/c1-4-5-6-19(42)37-15(7-8-20(43)39(2)3)30(46)57-24-16(55-29(22(24)44)41-14-36-21-26(33)34-13-35-27(21)41)12-54-60(51,52)58-25-17(11-53-59(48,49)50)56-28(23(25)45)40-10-9-18(32)38-31(40)47/h4,9-10,13-17,22-25,28-29,44-45H,1,5-8,11-12H2,2-3H3,(H,37,42)(H,51,52)(H2,32,38,47)(H2,33,34,35)(H2,48,49,50)/t15-,16+,17+,22+,23+,24+,25+,28+,29+/m0/s1. The largest absolute Gasteiger partial charge is 0.472 e. The molecule has 2 fully saturated rings. The number of ether oxygens (including phenoxy) is 3. The number of rotatable bonds is 19. The van der Waals surface area contributed by atoms with Gasteiger partial charge in [-0.15, -0.1) is 6.58 Å². The number of phosphoric ester groups is 2. The van der Waals surface area contributed by atoms with Crippen molar-refractivity contribution in [3.8, 4) is 0 Å². The maximum absolute atomic E-state index is 13.7. The molecule has 60 heavy (non-hydrogen) atoms. The van der Waals surface area contributed by atoms with E-state index in [0.29, 0.717) is 0 Å². The van der Waals surface area contributed by atoms with E-state index in [9.17, 15) is 53.2 Å². The lowest BCUT2D eigenvalue weighted by Gasteiger charge is -2.26. The zero-order valence-corrected chi connectivity index (χ0v) is 33.6. The number of hydrogen-bond donors (Lipinski definition) is 8. The van der Waals surface area contributed by atoms with Crippen LogP contribution in [0.15, 0.2) is 42.4 Å². The number of nitrogens with one attached hydrogen (secondary N) is 1. The Morgan fingerprint density at radius 3 is 2.30 bits per heavy atom. The Morgan fingerprint density at radius 1 is 1.00 bits per heavy atom. The SMILES string of the molecule is C=CCCC(=O)N[C@@H](CCC(=O)N(C)C)C(=O)O[C@H]1[C@@H](O)[C@H](n2cnc3c(N)ncnc32)O[C@@H]1COP(=O)(O)O[C@H]1[C@@H](O)[C@H](n2ccc(N)nc2=O)O[C@@H]1COP(=O)(O)O. The Kier molecular flexibility index (Phi) is 14.9. The van der Waals surface area contributed by atoms with Crippen molar-refractivity contribution < 1.29 is 76.2 Å². The molecular formula is C31H44N10O17P2. The molecule has 0 radical (unpaired) electrons. The first-order chi connectivity index (χ1) is 28.2. The zero-order chi connectivity index (χ0) is 44.1. The second-order valence-electron chi connectivity index (χ2n) is 13.5. The predicted octanol–water partition coefficient (Wildman–Crippen LogP) is -2.39. The number of nitrogen functional groups attached to an aromatic ring is 2. The van der Waals surface area contributed by atoms with Crippen LogP contribution in [-0.2, 0) is 51.3 Å². The molecule has 3 aromatic heterocycles. The average Bonchev–Trinajstić information content (AvgIpc) is 3.83. The van der Waals surface area contributed by atoms with Gasteiger partial charge >= 0.3 is 27.3 Å². The van der Waals surface area contributed by atoms with E-state index in [-0.39, 0.29) is 54.4 Å². The molecule has 5 heterocycles. The van der Waals surface area contributed by atoms with Gasteiger partial charge in [-0.2, -0.15) is 4.98 Å². The lowest BCUT2D eigenvalue weighted by atomic mass is 10.1. The number of nitrogens with two attached hydrogens (primary N) is 2. The first-order valence-corrected chi connectivity index (χ1v) is 20.8. The highest BCUT2D eigenvalue weighted by Crippen LogP contribution is 2.50. The number of aromatic nitrogens is 6. The summed E-state index contributed by atoms with van der Waals surface area (Å²) in [4.78, 5) is 97.7. The second kappa shape index (κ2) is 19.3. The van der Waals surface area contributed by atoms with Gasteiger partial charge in [-0.1, -0.05) is 6.08 Å². The van der Waals surface area contributed by atoms with Crippen molar-refractivity contribution in [3.63, 3.8) is 0 Å². The number of amides is 2. The number of phosphoric acid groups is 2. The highest BCUT2D eigenvalue weighted by Gasteiger charge is 2.52. The third kappa shape index (κ3) is 11.3. The van der Waals surface area contributed by atoms with Crippen LogP contribution in [0, 0.1) is 0 Å². The molecule has 2 aliphatic rings. The Morgan fingerprint density at radius 2 is 1.65 bits per heavy atom. The molecule has 2 amide bonds. The summed E-state index contributed by atoms with van der Waals surface area (Å²) in [7, 11) is -7.63. The quantitative estimate of drug-likeness (QED) is 0.0353. The van der Waals surface area contributed by atoms with Crippen LogP contribution < -0.4 is 22.5 Å². The van der Waals surface area contributed by atoms with Crippen LogP contribution in [0.4, 0.5) is 11.6 Å². The van der Waals surface area contributed by atoms with Gasteiger partial charge in [0.25, 0.3) is 0 Å². The molecule has 0 bridgehead atoms. The number of aliphatic hydroxyl groups excluding tert-OH is 2. The topological polar surface area (TPSA) is 388 Å². The van der Waals surface area contributed by atoms with Crippen LogP contribution in [0.1, 0.15) is 38.1 Å². The summed E-state index contributed by atoms with van der Waals surface area (Å²) in [5.74, 6) is -2.32. The maximum atomic E-state index is 13.7. The third-order valence-electron chi connectivity index (χ3n) is 9.06. The summed E-state index contributed by atoms with van der Waals surface area (Å²) in [5.41, 5.74) is 10.6. The van der Waals surface area contributed by atoms with Crippen molar-refractivity contribution in [1.29, 1.82) is 0 Å². The van der Waals surface area contributed by atoms with E-state index in [4.69, 9.17) is 34.7 Å². The van der Waals surface area contributed by atoms with Crippen LogP contribution >= 0.6 is 15.6 Å². The number of carbonyl (C=O) groups is 3. The second-order valence-corrected chi connectivity index (χ2v) is 16.2. The van der Waals surface area contributed by atoms with Gasteiger partial charge in [0.2, 0.25) is 11.8 Å². The minimum absolute atomic E-state index is 0.0304. The summed E-state index contributed by atoms with van der Waals surface area (Å²) in [6.45, 7) is 1.52. The highest BCUT2D eigenvalue weighted by atomic mass is 31.2. The van der Waals surface area contributed by atoms with Crippen molar-refractivity contribution >= 4 is 56.2 Å². The summed E-state index contributed by atoms with van der Waals surface area (Å²) in [6, 6.07) is -0.267. The Bertz CT molecular complexity index is 2200.